The summed E-state index contributed by atoms with van der Waals surface area (Å²) in [4.78, 5) is 111. The molecule has 604 valence electrons. The van der Waals surface area contributed by atoms with Gasteiger partial charge in [0, 0.05) is 119 Å². The van der Waals surface area contributed by atoms with Gasteiger partial charge in [-0.25, -0.2) is 0 Å². The van der Waals surface area contributed by atoms with Gasteiger partial charge in [-0.15, -0.1) is 0 Å². The quantitative estimate of drug-likeness (QED) is 0.0164. The maximum atomic E-state index is 12.6. The lowest BCUT2D eigenvalue weighted by Crippen LogP contribution is -2.16. The Morgan fingerprint density at radius 1 is 0.271 bits per heavy atom. The summed E-state index contributed by atoms with van der Waals surface area (Å²) in [7, 11) is 7.64. The van der Waals surface area contributed by atoms with E-state index in [9.17, 15) is 53.8 Å². The minimum absolute atomic E-state index is 0.0000283. The summed E-state index contributed by atoms with van der Waals surface area (Å²) < 4.78 is 0. The SMILES string of the molecule is CN(C)c1ccc(C(=O)c2ccc(N(C)C)c(N)c2)cc1N.Nc1cc(C(=O)c2ccc(Cl)c(N)c2)ccc1Cl.Nc1ccc(C(=O)c2ccc(N)c([N+](=O)[O-])c2)cc1[N+](=O)[O-].Nc1ccc(NC(=O)c2ccc(C(=O)Nc3ccc(N)cc3Cl)cc2)c(Cl)c1.Nc1ccc(NC(=O)c2cccc(C(=O)Nc3ccc(N)cc3Cl)c2)c(Cl)c1. The maximum Gasteiger partial charge on any atom is 0.292 e. The van der Waals surface area contributed by atoms with Crippen molar-refractivity contribution in [3.8, 4) is 0 Å². The van der Waals surface area contributed by atoms with Gasteiger partial charge in [0.1, 0.15) is 11.4 Å². The van der Waals surface area contributed by atoms with Crippen LogP contribution in [0, 0.1) is 20.2 Å². The van der Waals surface area contributed by atoms with Gasteiger partial charge < -0.3 is 88.4 Å². The molecule has 0 aliphatic carbocycles. The van der Waals surface area contributed by atoms with Crippen LogP contribution in [0.5, 0.6) is 0 Å². The van der Waals surface area contributed by atoms with Gasteiger partial charge in [0.15, 0.2) is 17.3 Å². The number of halogens is 6. The fourth-order valence-electron chi connectivity index (χ4n) is 10.6. The van der Waals surface area contributed by atoms with Crippen molar-refractivity contribution >= 4 is 213 Å². The third-order valence-electron chi connectivity index (χ3n) is 16.8. The van der Waals surface area contributed by atoms with E-state index in [0.717, 1.165) is 23.5 Å². The largest absolute Gasteiger partial charge is 0.399 e. The van der Waals surface area contributed by atoms with Crippen molar-refractivity contribution in [3.63, 3.8) is 0 Å². The fraction of sp³-hybridized carbons (Fsp3) is 0.0482. The monoisotopic (exact) mass is 1710 g/mol. The standard InChI is InChI=1S/2C20H16Cl2N4O2.C17H22N4O.C13H10Cl2N2O.C13H10N4O5/c21-15-9-13(23)5-7-17(15)25-19(27)11-1-2-12(4-3-11)20(28)26-18-8-6-14(24)10-16(18)22;21-15-9-13(23)4-6-17(15)25-19(27)11-2-1-3-12(8-11)20(28)26-18-7-5-14(24)10-16(18)22;1-20(2)15-7-5-11(9-13(15)18)17(22)12-6-8-16(21(3)4)14(19)10-12;14-9-3-1-7(5-11(9)16)13(18)8-2-4-10(15)12(17)6-8;14-9-3-1-7(5-11(9)16(19)20)13(18)8-2-4-10(15)12(6-8)17(21)22/h2*1-10H,23-24H2,(H,25,27)(H,26,28);5-10H,18-19H2,1-4H3;1-6H,16-17H2;1-6H,14-15H2. The van der Waals surface area contributed by atoms with Gasteiger partial charge in [0.25, 0.3) is 35.0 Å². The molecule has 24 N–H and O–H groups in total. The van der Waals surface area contributed by atoms with Gasteiger partial charge in [0.05, 0.1) is 96.9 Å². The maximum absolute atomic E-state index is 12.6. The summed E-state index contributed by atoms with van der Waals surface area (Å²) >= 11 is 35.9. The van der Waals surface area contributed by atoms with Gasteiger partial charge in [-0.05, 0) is 212 Å². The lowest BCUT2D eigenvalue weighted by atomic mass is 10.0. The molecule has 0 saturated heterocycles. The molecule has 0 saturated carbocycles. The van der Waals surface area contributed by atoms with Crippen LogP contribution in [0.15, 0.2) is 231 Å². The average molecular weight is 1710 g/mol. The Labute approximate surface area is 704 Å². The molecule has 35 heteroatoms. The molecule has 12 aromatic carbocycles. The Kier molecular flexibility index (Phi) is 30.3. The summed E-state index contributed by atoms with van der Waals surface area (Å²) in [5, 5.41) is 34.6. The highest BCUT2D eigenvalue weighted by atomic mass is 35.5. The van der Waals surface area contributed by atoms with E-state index in [0.29, 0.717) is 143 Å². The molecule has 118 heavy (non-hydrogen) atoms. The van der Waals surface area contributed by atoms with Gasteiger partial charge >= 0.3 is 0 Å². The van der Waals surface area contributed by atoms with E-state index in [1.165, 1.54) is 54.6 Å². The Morgan fingerprint density at radius 2 is 0.517 bits per heavy atom. The Bertz CT molecular complexity index is 5560. The lowest BCUT2D eigenvalue weighted by Gasteiger charge is -2.17. The van der Waals surface area contributed by atoms with E-state index in [-0.39, 0.29) is 45.9 Å². The summed E-state index contributed by atoms with van der Waals surface area (Å²) in [5.74, 6) is -2.42. The number of benzene rings is 12. The molecule has 0 heterocycles. The first kappa shape index (κ1) is 89.2. The van der Waals surface area contributed by atoms with Crippen LogP contribution in [0.2, 0.25) is 30.1 Å². The molecule has 0 fully saturated rings. The molecule has 12 rings (SSSR count). The molecule has 0 aromatic heterocycles. The van der Waals surface area contributed by atoms with Crippen LogP contribution < -0.4 is 88.4 Å². The number of carbonyl (C=O) groups excluding carboxylic acids is 7. The minimum atomic E-state index is -0.711. The van der Waals surface area contributed by atoms with Crippen LogP contribution in [0.4, 0.5) is 102 Å². The number of amides is 4. The van der Waals surface area contributed by atoms with Crippen LogP contribution >= 0.6 is 69.6 Å². The highest BCUT2D eigenvalue weighted by Crippen LogP contribution is 2.34. The molecule has 0 bridgehead atoms. The number of nitrogens with two attached hydrogens (primary N) is 10. The third kappa shape index (κ3) is 23.9. The molecule has 0 aliphatic heterocycles. The van der Waals surface area contributed by atoms with Crippen molar-refractivity contribution in [2.75, 3.05) is 117 Å². The average Bonchev–Trinajstić information content (AvgIpc) is 0.836. The number of nitro benzene ring substituents is 2. The van der Waals surface area contributed by atoms with Gasteiger partial charge in [-0.3, -0.25) is 53.8 Å². The van der Waals surface area contributed by atoms with Crippen molar-refractivity contribution in [2.45, 2.75) is 0 Å². The molecule has 12 aromatic rings. The van der Waals surface area contributed by atoms with Crippen molar-refractivity contribution in [1.29, 1.82) is 0 Å². The first-order valence-corrected chi connectivity index (χ1v) is 36.7. The number of rotatable bonds is 18. The number of nitro groups is 2. The Morgan fingerprint density at radius 3 is 0.771 bits per heavy atom. The number of nitrogen functional groups attached to an aromatic ring is 10. The van der Waals surface area contributed by atoms with E-state index in [2.05, 4.69) is 21.3 Å². The number of carbonyl (C=O) groups is 7. The van der Waals surface area contributed by atoms with Crippen LogP contribution in [0.3, 0.4) is 0 Å². The highest BCUT2D eigenvalue weighted by molar-refractivity contribution is 6.36. The zero-order valence-corrected chi connectivity index (χ0v) is 67.3. The molecule has 0 radical (unpaired) electrons. The van der Waals surface area contributed by atoms with Crippen LogP contribution in [0.1, 0.15) is 89.2 Å². The number of hydrogen-bond donors (Lipinski definition) is 14. The Hall–Kier alpha value is -14.3. The van der Waals surface area contributed by atoms with E-state index < -0.39 is 38.8 Å². The second-order valence-electron chi connectivity index (χ2n) is 25.8. The van der Waals surface area contributed by atoms with Gasteiger partial charge in [-0.2, -0.15) is 0 Å². The minimum Gasteiger partial charge on any atom is -0.399 e. The topological polar surface area (TPSA) is 521 Å². The second-order valence-corrected chi connectivity index (χ2v) is 28.2. The van der Waals surface area contributed by atoms with E-state index in [1.807, 2.05) is 50.1 Å². The van der Waals surface area contributed by atoms with Crippen LogP contribution in [-0.4, -0.2) is 79.0 Å². The first-order chi connectivity index (χ1) is 55.8. The molecular weight excluding hydrogens is 1640 g/mol. The molecular formula is C83H74Cl6N18O11. The number of nitrogens with zero attached hydrogens (tertiary/aromatic N) is 4. The number of ketones is 3. The summed E-state index contributed by atoms with van der Waals surface area (Å²) in [6.07, 6.45) is 0. The van der Waals surface area contributed by atoms with Gasteiger partial charge in [0.2, 0.25) is 0 Å². The molecule has 29 nitrogen and oxygen atoms in total. The van der Waals surface area contributed by atoms with E-state index in [4.69, 9.17) is 127 Å². The molecule has 0 aliphatic rings. The smallest absolute Gasteiger partial charge is 0.292 e. The summed E-state index contributed by atoms with van der Waals surface area (Å²) in [5.41, 5.74) is 66.6. The number of anilines is 16. The number of nitrogens with one attached hydrogen (secondary N) is 4. The fourth-order valence-corrected chi connectivity index (χ4v) is 11.8. The normalized spacial score (nSPS) is 10.3. The summed E-state index contributed by atoms with van der Waals surface area (Å²) in [6, 6.07) is 58.9. The second kappa shape index (κ2) is 40.1. The molecule has 0 spiro atoms. The first-order valence-electron chi connectivity index (χ1n) is 34.4. The predicted molar refractivity (Wildman–Crippen MR) is 476 cm³/mol. The van der Waals surface area contributed by atoms with Crippen molar-refractivity contribution in [1.82, 2.24) is 0 Å². The van der Waals surface area contributed by atoms with Crippen LogP contribution in [0.25, 0.3) is 0 Å². The highest BCUT2D eigenvalue weighted by Gasteiger charge is 2.23. The van der Waals surface area contributed by atoms with Crippen molar-refractivity contribution in [3.05, 3.63) is 337 Å². The molecule has 4 amide bonds. The van der Waals surface area contributed by atoms with Crippen molar-refractivity contribution < 1.29 is 43.4 Å². The van der Waals surface area contributed by atoms with Crippen molar-refractivity contribution in [2.24, 2.45) is 0 Å². The molecule has 0 unspecified atom stereocenters. The third-order valence-corrected chi connectivity index (χ3v) is 18.7. The number of hydrogen-bond acceptors (Lipinski definition) is 23. The zero-order valence-electron chi connectivity index (χ0n) is 62.8. The van der Waals surface area contributed by atoms with E-state index in [1.54, 1.807) is 152 Å². The van der Waals surface area contributed by atoms with Crippen LogP contribution in [-0.2, 0) is 0 Å². The Balaban J connectivity index is 0.000000186. The van der Waals surface area contributed by atoms with Gasteiger partial charge in [-0.1, -0.05) is 75.7 Å². The zero-order chi connectivity index (χ0) is 86.7. The predicted octanol–water partition coefficient (Wildman–Crippen LogP) is 16.8. The van der Waals surface area contributed by atoms with E-state index >= 15 is 0 Å². The summed E-state index contributed by atoms with van der Waals surface area (Å²) in [6.45, 7) is 0. The molecule has 0 atom stereocenters. The lowest BCUT2D eigenvalue weighted by molar-refractivity contribution is -0.384.